The topological polar surface area (TPSA) is 38.3 Å². The first-order valence-electron chi connectivity index (χ1n) is 9.70. The zero-order valence-corrected chi connectivity index (χ0v) is 14.9. The maximum absolute atomic E-state index is 12.1. The average Bonchev–Trinajstić information content (AvgIpc) is 2.60. The van der Waals surface area contributed by atoms with Gasteiger partial charge < -0.3 is 10.1 Å². The zero-order chi connectivity index (χ0) is 16.8. The van der Waals surface area contributed by atoms with Gasteiger partial charge in [0.2, 0.25) is 5.91 Å². The highest BCUT2D eigenvalue weighted by molar-refractivity contribution is 5.77. The van der Waals surface area contributed by atoms with Crippen LogP contribution in [0.5, 0.6) is 0 Å². The first-order chi connectivity index (χ1) is 11.7. The summed E-state index contributed by atoms with van der Waals surface area (Å²) in [7, 11) is 0. The molecule has 1 saturated heterocycles. The largest absolute Gasteiger partial charge is 0.373 e. The van der Waals surface area contributed by atoms with Crippen molar-refractivity contribution in [1.82, 2.24) is 5.32 Å². The molecule has 1 aliphatic heterocycles. The molecule has 1 heterocycles. The summed E-state index contributed by atoms with van der Waals surface area (Å²) >= 11 is 0. The van der Waals surface area contributed by atoms with Crippen molar-refractivity contribution in [3.05, 3.63) is 35.9 Å². The first kappa shape index (κ1) is 17.5. The second-order valence-electron chi connectivity index (χ2n) is 7.53. The molecule has 1 spiro atoms. The van der Waals surface area contributed by atoms with Crippen LogP contribution in [-0.2, 0) is 16.1 Å². The van der Waals surface area contributed by atoms with Crippen LogP contribution in [0.1, 0.15) is 70.3 Å². The Balaban J connectivity index is 1.72. The number of piperidine rings is 1. The van der Waals surface area contributed by atoms with Gasteiger partial charge in [0.1, 0.15) is 0 Å². The average molecular weight is 329 g/mol. The second-order valence-corrected chi connectivity index (χ2v) is 7.53. The fourth-order valence-electron chi connectivity index (χ4n) is 4.66. The van der Waals surface area contributed by atoms with Gasteiger partial charge in [-0.25, -0.2) is 0 Å². The Kier molecular flexibility index (Phi) is 5.94. The molecule has 1 saturated carbocycles. The number of amides is 1. The third kappa shape index (κ3) is 4.00. The molecule has 1 amide bonds. The summed E-state index contributed by atoms with van der Waals surface area (Å²) in [6.07, 6.45) is 10.1. The van der Waals surface area contributed by atoms with E-state index in [2.05, 4.69) is 36.5 Å². The smallest absolute Gasteiger partial charge is 0.220 e. The number of carbonyl (C=O) groups excluding carboxylic acids is 1. The van der Waals surface area contributed by atoms with Gasteiger partial charge in [0, 0.05) is 17.9 Å². The number of rotatable bonds is 6. The van der Waals surface area contributed by atoms with Gasteiger partial charge in [-0.05, 0) is 44.1 Å². The Labute approximate surface area is 146 Å². The third-order valence-electron chi connectivity index (χ3n) is 5.86. The molecule has 1 aromatic rings. The molecule has 2 aliphatic rings. The van der Waals surface area contributed by atoms with Gasteiger partial charge in [0.15, 0.2) is 0 Å². The minimum absolute atomic E-state index is 0.00981. The van der Waals surface area contributed by atoms with Crippen LogP contribution in [-0.4, -0.2) is 17.6 Å². The van der Waals surface area contributed by atoms with E-state index < -0.39 is 0 Å². The maximum atomic E-state index is 12.1. The monoisotopic (exact) mass is 329 g/mol. The molecular weight excluding hydrogens is 298 g/mol. The lowest BCUT2D eigenvalue weighted by atomic mass is 9.65. The maximum Gasteiger partial charge on any atom is 0.220 e. The molecule has 3 nitrogen and oxygen atoms in total. The Morgan fingerprint density at radius 2 is 2.00 bits per heavy atom. The molecule has 2 fully saturated rings. The third-order valence-corrected chi connectivity index (χ3v) is 5.86. The summed E-state index contributed by atoms with van der Waals surface area (Å²) < 4.78 is 6.39. The van der Waals surface area contributed by atoms with Crippen LogP contribution in [0.15, 0.2) is 30.3 Å². The van der Waals surface area contributed by atoms with Crippen molar-refractivity contribution >= 4 is 5.91 Å². The lowest BCUT2D eigenvalue weighted by Crippen LogP contribution is -2.61. The molecule has 1 N–H and O–H groups in total. The summed E-state index contributed by atoms with van der Waals surface area (Å²) in [6.45, 7) is 2.92. The highest BCUT2D eigenvalue weighted by Gasteiger charge is 2.47. The van der Waals surface area contributed by atoms with E-state index in [1.165, 1.54) is 18.4 Å². The van der Waals surface area contributed by atoms with E-state index in [0.717, 1.165) is 38.5 Å². The summed E-state index contributed by atoms with van der Waals surface area (Å²) in [4.78, 5) is 12.1. The van der Waals surface area contributed by atoms with Gasteiger partial charge in [0.05, 0.1) is 12.7 Å². The molecular formula is C21H31NO2. The molecule has 1 aliphatic carbocycles. The highest BCUT2D eigenvalue weighted by atomic mass is 16.5. The molecule has 0 radical (unpaired) electrons. The van der Waals surface area contributed by atoms with E-state index in [4.69, 9.17) is 4.74 Å². The van der Waals surface area contributed by atoms with Gasteiger partial charge in [-0.3, -0.25) is 4.79 Å². The molecule has 24 heavy (non-hydrogen) atoms. The van der Waals surface area contributed by atoms with E-state index in [1.54, 1.807) is 0 Å². The van der Waals surface area contributed by atoms with Gasteiger partial charge >= 0.3 is 0 Å². The lowest BCUT2D eigenvalue weighted by Gasteiger charge is -2.50. The van der Waals surface area contributed by atoms with Crippen molar-refractivity contribution in [2.75, 3.05) is 0 Å². The summed E-state index contributed by atoms with van der Waals surface area (Å²) in [5.74, 6) is 0.700. The summed E-state index contributed by atoms with van der Waals surface area (Å²) in [5, 5.41) is 3.40. The van der Waals surface area contributed by atoms with E-state index in [1.807, 2.05) is 6.07 Å². The van der Waals surface area contributed by atoms with Crippen LogP contribution in [0.4, 0.5) is 0 Å². The van der Waals surface area contributed by atoms with Crippen LogP contribution < -0.4 is 5.32 Å². The standard InChI is InChI=1S/C21H31NO2/c1-2-3-11-18-19(24-16-17-9-5-4-6-10-17)12-7-14-21(18)15-8-13-20(23)22-21/h4-6,9-10,18-19H,2-3,7-8,11-16H2,1H3,(H,22,23). The van der Waals surface area contributed by atoms with E-state index >= 15 is 0 Å². The highest BCUT2D eigenvalue weighted by Crippen LogP contribution is 2.43. The Bertz CT molecular complexity index is 526. The minimum atomic E-state index is -0.00981. The number of unbranched alkanes of at least 4 members (excludes halogenated alkanes) is 1. The predicted molar refractivity (Wildman–Crippen MR) is 96.6 cm³/mol. The SMILES string of the molecule is CCCCC1C(OCc2ccccc2)CCCC12CCCC(=O)N2. The van der Waals surface area contributed by atoms with Crippen LogP contribution in [0.2, 0.25) is 0 Å². The normalized spacial score (nSPS) is 30.3. The van der Waals surface area contributed by atoms with E-state index in [0.29, 0.717) is 18.9 Å². The fourth-order valence-corrected chi connectivity index (χ4v) is 4.66. The molecule has 3 atom stereocenters. The van der Waals surface area contributed by atoms with Crippen molar-refractivity contribution in [3.63, 3.8) is 0 Å². The number of hydrogen-bond donors (Lipinski definition) is 1. The van der Waals surface area contributed by atoms with Crippen molar-refractivity contribution in [1.29, 1.82) is 0 Å². The van der Waals surface area contributed by atoms with E-state index in [-0.39, 0.29) is 17.6 Å². The Morgan fingerprint density at radius 3 is 2.75 bits per heavy atom. The minimum Gasteiger partial charge on any atom is -0.373 e. The molecule has 0 aromatic heterocycles. The summed E-state index contributed by atoms with van der Waals surface area (Å²) in [6, 6.07) is 10.4. The molecule has 3 unspecified atom stereocenters. The van der Waals surface area contributed by atoms with Crippen molar-refractivity contribution < 1.29 is 9.53 Å². The molecule has 3 heteroatoms. The molecule has 132 valence electrons. The predicted octanol–water partition coefficient (Wildman–Crippen LogP) is 4.60. The van der Waals surface area contributed by atoms with Gasteiger partial charge in [-0.15, -0.1) is 0 Å². The van der Waals surface area contributed by atoms with Crippen LogP contribution >= 0.6 is 0 Å². The first-order valence-corrected chi connectivity index (χ1v) is 9.70. The number of ether oxygens (including phenoxy) is 1. The van der Waals surface area contributed by atoms with Crippen LogP contribution in [0, 0.1) is 5.92 Å². The van der Waals surface area contributed by atoms with Crippen molar-refractivity contribution in [3.8, 4) is 0 Å². The molecule has 0 bridgehead atoms. The van der Waals surface area contributed by atoms with Crippen molar-refractivity contribution in [2.45, 2.75) is 83.0 Å². The van der Waals surface area contributed by atoms with E-state index in [9.17, 15) is 4.79 Å². The summed E-state index contributed by atoms with van der Waals surface area (Å²) in [5.41, 5.74) is 1.23. The van der Waals surface area contributed by atoms with Gasteiger partial charge in [-0.1, -0.05) is 50.1 Å². The van der Waals surface area contributed by atoms with Gasteiger partial charge in [-0.2, -0.15) is 0 Å². The number of nitrogens with one attached hydrogen (secondary N) is 1. The number of carbonyl (C=O) groups is 1. The van der Waals surface area contributed by atoms with Crippen molar-refractivity contribution in [2.24, 2.45) is 5.92 Å². The number of benzene rings is 1. The quantitative estimate of drug-likeness (QED) is 0.828. The number of hydrogen-bond acceptors (Lipinski definition) is 2. The Hall–Kier alpha value is -1.35. The molecule has 3 rings (SSSR count). The Morgan fingerprint density at radius 1 is 1.21 bits per heavy atom. The zero-order valence-electron chi connectivity index (χ0n) is 14.9. The lowest BCUT2D eigenvalue weighted by molar-refractivity contribution is -0.131. The van der Waals surface area contributed by atoms with Gasteiger partial charge in [0.25, 0.3) is 0 Å². The van der Waals surface area contributed by atoms with Crippen LogP contribution in [0.3, 0.4) is 0 Å². The molecule has 1 aromatic carbocycles. The second kappa shape index (κ2) is 8.15. The van der Waals surface area contributed by atoms with Crippen LogP contribution in [0.25, 0.3) is 0 Å². The fraction of sp³-hybridized carbons (Fsp3) is 0.667.